The molecule has 0 bridgehead atoms. The van der Waals surface area contributed by atoms with Crippen molar-refractivity contribution in [3.63, 3.8) is 0 Å². The SMILES string of the molecule is CC(NC(=O)O)c1ccc([N+](=O)[O-])cc1. The van der Waals surface area contributed by atoms with E-state index in [4.69, 9.17) is 5.11 Å². The molecule has 0 aliphatic rings. The zero-order valence-electron chi connectivity index (χ0n) is 8.01. The summed E-state index contributed by atoms with van der Waals surface area (Å²) in [6, 6.07) is 5.35. The van der Waals surface area contributed by atoms with Crippen molar-refractivity contribution in [2.75, 3.05) is 0 Å². The van der Waals surface area contributed by atoms with Crippen LogP contribution in [0.1, 0.15) is 18.5 Å². The first kappa shape index (κ1) is 11.0. The quantitative estimate of drug-likeness (QED) is 0.588. The lowest BCUT2D eigenvalue weighted by atomic mass is 10.1. The van der Waals surface area contributed by atoms with Gasteiger partial charge in [0.25, 0.3) is 5.69 Å². The van der Waals surface area contributed by atoms with Crippen LogP contribution in [-0.2, 0) is 0 Å². The van der Waals surface area contributed by atoms with E-state index in [0.717, 1.165) is 0 Å². The Bertz CT molecular complexity index is 374. The van der Waals surface area contributed by atoms with E-state index in [1.165, 1.54) is 24.3 Å². The molecule has 1 atom stereocenters. The molecule has 6 nitrogen and oxygen atoms in total. The minimum absolute atomic E-state index is 0.0127. The van der Waals surface area contributed by atoms with Crippen molar-refractivity contribution in [2.45, 2.75) is 13.0 Å². The van der Waals surface area contributed by atoms with Crippen LogP contribution in [0.3, 0.4) is 0 Å². The number of nitrogens with one attached hydrogen (secondary N) is 1. The summed E-state index contributed by atoms with van der Waals surface area (Å²) in [5.74, 6) is 0. The van der Waals surface area contributed by atoms with Crippen molar-refractivity contribution < 1.29 is 14.8 Å². The second-order valence-corrected chi connectivity index (χ2v) is 3.02. The van der Waals surface area contributed by atoms with E-state index >= 15 is 0 Å². The molecule has 2 N–H and O–H groups in total. The molecule has 1 aromatic carbocycles. The molecule has 6 heteroatoms. The van der Waals surface area contributed by atoms with Crippen molar-refractivity contribution in [3.8, 4) is 0 Å². The van der Waals surface area contributed by atoms with Crippen molar-refractivity contribution in [1.29, 1.82) is 0 Å². The van der Waals surface area contributed by atoms with Gasteiger partial charge in [-0.25, -0.2) is 4.79 Å². The van der Waals surface area contributed by atoms with Gasteiger partial charge in [0, 0.05) is 12.1 Å². The zero-order chi connectivity index (χ0) is 11.4. The second-order valence-electron chi connectivity index (χ2n) is 3.02. The van der Waals surface area contributed by atoms with E-state index in [1.54, 1.807) is 6.92 Å². The Hall–Kier alpha value is -2.11. The van der Waals surface area contributed by atoms with Crippen LogP contribution in [0.15, 0.2) is 24.3 Å². The van der Waals surface area contributed by atoms with Gasteiger partial charge < -0.3 is 10.4 Å². The van der Waals surface area contributed by atoms with Gasteiger partial charge in [-0.05, 0) is 12.5 Å². The maximum atomic E-state index is 10.4. The number of hydrogen-bond acceptors (Lipinski definition) is 3. The molecule has 0 aliphatic carbocycles. The highest BCUT2D eigenvalue weighted by Crippen LogP contribution is 2.17. The lowest BCUT2D eigenvalue weighted by Gasteiger charge is -2.10. The molecular formula is C9H10N2O4. The monoisotopic (exact) mass is 210 g/mol. The molecule has 0 saturated carbocycles. The predicted octanol–water partition coefficient (Wildman–Crippen LogP) is 1.92. The number of nitro benzene ring substituents is 1. The van der Waals surface area contributed by atoms with E-state index in [2.05, 4.69) is 5.32 Å². The molecule has 15 heavy (non-hydrogen) atoms. The Morgan fingerprint density at radius 1 is 1.47 bits per heavy atom. The first-order valence-corrected chi connectivity index (χ1v) is 4.24. The molecule has 0 fully saturated rings. The van der Waals surface area contributed by atoms with Crippen LogP contribution in [0, 0.1) is 10.1 Å². The molecule has 80 valence electrons. The van der Waals surface area contributed by atoms with E-state index in [0.29, 0.717) is 5.56 Å². The largest absolute Gasteiger partial charge is 0.465 e. The summed E-state index contributed by atoms with van der Waals surface area (Å²) in [6.07, 6.45) is -1.12. The molecule has 0 aromatic heterocycles. The zero-order valence-corrected chi connectivity index (χ0v) is 8.01. The smallest absolute Gasteiger partial charge is 0.405 e. The summed E-state index contributed by atoms with van der Waals surface area (Å²) < 4.78 is 0. The number of non-ortho nitro benzene ring substituents is 1. The van der Waals surface area contributed by atoms with Crippen LogP contribution in [0.25, 0.3) is 0 Å². The van der Waals surface area contributed by atoms with E-state index in [-0.39, 0.29) is 11.7 Å². The third-order valence-corrected chi connectivity index (χ3v) is 1.94. The summed E-state index contributed by atoms with van der Waals surface area (Å²) in [4.78, 5) is 20.2. The molecule has 1 aromatic rings. The summed E-state index contributed by atoms with van der Waals surface area (Å²) in [6.45, 7) is 1.66. The minimum atomic E-state index is -1.12. The normalized spacial score (nSPS) is 11.8. The van der Waals surface area contributed by atoms with Crippen LogP contribution >= 0.6 is 0 Å². The fraction of sp³-hybridized carbons (Fsp3) is 0.222. The van der Waals surface area contributed by atoms with Gasteiger partial charge in [-0.1, -0.05) is 12.1 Å². The van der Waals surface area contributed by atoms with Gasteiger partial charge >= 0.3 is 6.09 Å². The van der Waals surface area contributed by atoms with Crippen LogP contribution in [0.5, 0.6) is 0 Å². The van der Waals surface area contributed by atoms with Gasteiger partial charge in [0.05, 0.1) is 11.0 Å². The molecule has 0 aliphatic heterocycles. The Morgan fingerprint density at radius 2 is 2.00 bits per heavy atom. The van der Waals surface area contributed by atoms with Gasteiger partial charge in [0.1, 0.15) is 0 Å². The Morgan fingerprint density at radius 3 is 2.40 bits per heavy atom. The number of nitro groups is 1. The third-order valence-electron chi connectivity index (χ3n) is 1.94. The molecule has 1 unspecified atom stereocenters. The average Bonchev–Trinajstić information content (AvgIpc) is 2.17. The van der Waals surface area contributed by atoms with Crippen molar-refractivity contribution in [1.82, 2.24) is 5.32 Å². The first-order chi connectivity index (χ1) is 7.00. The van der Waals surface area contributed by atoms with Crippen LogP contribution in [-0.4, -0.2) is 16.1 Å². The van der Waals surface area contributed by atoms with Crippen molar-refractivity contribution in [2.24, 2.45) is 0 Å². The molecule has 0 heterocycles. The fourth-order valence-electron chi connectivity index (χ4n) is 1.15. The number of benzene rings is 1. The van der Waals surface area contributed by atoms with Gasteiger partial charge in [0.2, 0.25) is 0 Å². The topological polar surface area (TPSA) is 92.5 Å². The highest BCUT2D eigenvalue weighted by molar-refractivity contribution is 5.65. The Labute approximate surface area is 85.7 Å². The Kier molecular flexibility index (Phi) is 3.22. The van der Waals surface area contributed by atoms with E-state index in [1.807, 2.05) is 0 Å². The molecule has 0 saturated heterocycles. The summed E-state index contributed by atoms with van der Waals surface area (Å²) >= 11 is 0. The predicted molar refractivity (Wildman–Crippen MR) is 52.7 cm³/mol. The maximum absolute atomic E-state index is 10.4. The molecule has 0 spiro atoms. The van der Waals surface area contributed by atoms with Crippen LogP contribution in [0.4, 0.5) is 10.5 Å². The molecule has 0 radical (unpaired) electrons. The van der Waals surface area contributed by atoms with Gasteiger partial charge in [-0.2, -0.15) is 0 Å². The number of amides is 1. The average molecular weight is 210 g/mol. The summed E-state index contributed by atoms with van der Waals surface area (Å²) in [7, 11) is 0. The maximum Gasteiger partial charge on any atom is 0.405 e. The van der Waals surface area contributed by atoms with Gasteiger partial charge in [0.15, 0.2) is 0 Å². The first-order valence-electron chi connectivity index (χ1n) is 4.24. The lowest BCUT2D eigenvalue weighted by Crippen LogP contribution is -2.24. The highest BCUT2D eigenvalue weighted by Gasteiger charge is 2.10. The fourth-order valence-corrected chi connectivity index (χ4v) is 1.15. The van der Waals surface area contributed by atoms with Gasteiger partial charge in [-0.3, -0.25) is 10.1 Å². The number of carboxylic acid groups (broad SMARTS) is 1. The van der Waals surface area contributed by atoms with Crippen molar-refractivity contribution >= 4 is 11.8 Å². The second kappa shape index (κ2) is 4.41. The van der Waals surface area contributed by atoms with Crippen molar-refractivity contribution in [3.05, 3.63) is 39.9 Å². The summed E-state index contributed by atoms with van der Waals surface area (Å²) in [5.41, 5.74) is 0.671. The number of hydrogen-bond donors (Lipinski definition) is 2. The number of rotatable bonds is 3. The summed E-state index contributed by atoms with van der Waals surface area (Å²) in [5, 5.41) is 21.1. The highest BCUT2D eigenvalue weighted by atomic mass is 16.6. The minimum Gasteiger partial charge on any atom is -0.465 e. The number of carbonyl (C=O) groups is 1. The van der Waals surface area contributed by atoms with E-state index < -0.39 is 11.0 Å². The lowest BCUT2D eigenvalue weighted by molar-refractivity contribution is -0.384. The van der Waals surface area contributed by atoms with Crippen LogP contribution in [0.2, 0.25) is 0 Å². The molecule has 1 rings (SSSR count). The third kappa shape index (κ3) is 2.94. The van der Waals surface area contributed by atoms with Crippen LogP contribution < -0.4 is 5.32 Å². The molecular weight excluding hydrogens is 200 g/mol. The Balaban J connectivity index is 2.79. The number of nitrogens with zero attached hydrogens (tertiary/aromatic N) is 1. The standard InChI is InChI=1S/C9H10N2O4/c1-6(10-9(12)13)7-2-4-8(5-3-7)11(14)15/h2-6,10H,1H3,(H,12,13). The van der Waals surface area contributed by atoms with Gasteiger partial charge in [-0.15, -0.1) is 0 Å². The molecule has 1 amide bonds. The van der Waals surface area contributed by atoms with E-state index in [9.17, 15) is 14.9 Å².